The summed E-state index contributed by atoms with van der Waals surface area (Å²) in [6, 6.07) is 7.27. The van der Waals surface area contributed by atoms with E-state index in [4.69, 9.17) is 20.5 Å². The van der Waals surface area contributed by atoms with Crippen LogP contribution in [0.2, 0.25) is 0 Å². The number of ether oxygens (including phenoxy) is 2. The summed E-state index contributed by atoms with van der Waals surface area (Å²) in [4.78, 5) is 6.93. The number of nitrogens with zero attached hydrogens (tertiary/aromatic N) is 2. The Labute approximate surface area is 104 Å². The van der Waals surface area contributed by atoms with E-state index < -0.39 is 0 Å². The van der Waals surface area contributed by atoms with E-state index >= 15 is 0 Å². The highest BCUT2D eigenvalue weighted by atomic mass is 16.5. The highest BCUT2D eigenvalue weighted by Crippen LogP contribution is 2.31. The summed E-state index contributed by atoms with van der Waals surface area (Å²) >= 11 is 0. The van der Waals surface area contributed by atoms with Crippen molar-refractivity contribution in [1.29, 1.82) is 5.26 Å². The number of rotatable bonds is 3. The van der Waals surface area contributed by atoms with Gasteiger partial charge in [-0.25, -0.2) is 4.98 Å². The van der Waals surface area contributed by atoms with Crippen LogP contribution in [0.25, 0.3) is 11.4 Å². The molecule has 0 saturated carbocycles. The number of hydrogen-bond acceptors (Lipinski definition) is 5. The fourth-order valence-corrected chi connectivity index (χ4v) is 1.59. The predicted molar refractivity (Wildman–Crippen MR) is 66.3 cm³/mol. The second kappa shape index (κ2) is 4.67. The van der Waals surface area contributed by atoms with Gasteiger partial charge < -0.3 is 20.2 Å². The lowest BCUT2D eigenvalue weighted by atomic mass is 10.2. The molecule has 1 heterocycles. The first kappa shape index (κ1) is 11.8. The number of aromatic nitrogens is 2. The van der Waals surface area contributed by atoms with Crippen molar-refractivity contribution in [3.63, 3.8) is 0 Å². The first-order valence-corrected chi connectivity index (χ1v) is 5.17. The molecule has 0 atom stereocenters. The number of benzene rings is 1. The Kier molecular flexibility index (Phi) is 3.06. The molecule has 2 rings (SSSR count). The fraction of sp³-hybridized carbons (Fsp3) is 0.167. The first-order valence-electron chi connectivity index (χ1n) is 5.17. The topological polar surface area (TPSA) is 97.0 Å². The third-order valence-electron chi connectivity index (χ3n) is 2.50. The Morgan fingerprint density at radius 2 is 2.00 bits per heavy atom. The molecule has 92 valence electrons. The molecule has 0 fully saturated rings. The second-order valence-electron chi connectivity index (χ2n) is 3.53. The molecular weight excluding hydrogens is 232 g/mol. The number of methoxy groups -OCH3 is 2. The van der Waals surface area contributed by atoms with Crippen molar-refractivity contribution in [3.05, 3.63) is 23.9 Å². The second-order valence-corrected chi connectivity index (χ2v) is 3.53. The zero-order valence-corrected chi connectivity index (χ0v) is 10.0. The molecule has 0 unspecified atom stereocenters. The number of nitrogen functional groups attached to an aromatic ring is 1. The van der Waals surface area contributed by atoms with Gasteiger partial charge in [-0.15, -0.1) is 0 Å². The van der Waals surface area contributed by atoms with Crippen LogP contribution >= 0.6 is 0 Å². The summed E-state index contributed by atoms with van der Waals surface area (Å²) in [5.74, 6) is 1.91. The average Bonchev–Trinajstić information content (AvgIpc) is 2.79. The van der Waals surface area contributed by atoms with Crippen LogP contribution < -0.4 is 15.2 Å². The summed E-state index contributed by atoms with van der Waals surface area (Å²) in [6.07, 6.45) is 0. The van der Waals surface area contributed by atoms with Crippen LogP contribution in [0.4, 0.5) is 5.82 Å². The van der Waals surface area contributed by atoms with Crippen molar-refractivity contribution >= 4 is 5.82 Å². The lowest BCUT2D eigenvalue weighted by Gasteiger charge is -2.08. The summed E-state index contributed by atoms with van der Waals surface area (Å²) in [5, 5.41) is 8.82. The van der Waals surface area contributed by atoms with Crippen LogP contribution in [0.5, 0.6) is 11.5 Å². The summed E-state index contributed by atoms with van der Waals surface area (Å²) in [7, 11) is 3.12. The van der Waals surface area contributed by atoms with Gasteiger partial charge in [-0.3, -0.25) is 0 Å². The van der Waals surface area contributed by atoms with Crippen molar-refractivity contribution in [2.24, 2.45) is 0 Å². The molecule has 18 heavy (non-hydrogen) atoms. The van der Waals surface area contributed by atoms with Crippen LogP contribution in [0.3, 0.4) is 0 Å². The Bertz CT molecular complexity index is 613. The van der Waals surface area contributed by atoms with Crippen molar-refractivity contribution < 1.29 is 9.47 Å². The number of H-pyrrole nitrogens is 1. The lowest BCUT2D eigenvalue weighted by Crippen LogP contribution is -1.91. The van der Waals surface area contributed by atoms with Gasteiger partial charge in [0.05, 0.1) is 14.2 Å². The SMILES string of the molecule is COc1ccc(-c2nc(N)c(C#N)[nH]2)cc1OC. The van der Waals surface area contributed by atoms with Crippen LogP contribution in [0, 0.1) is 11.3 Å². The van der Waals surface area contributed by atoms with E-state index in [-0.39, 0.29) is 11.5 Å². The average molecular weight is 244 g/mol. The third kappa shape index (κ3) is 1.94. The molecule has 2 aromatic rings. The normalized spacial score (nSPS) is 9.83. The van der Waals surface area contributed by atoms with Crippen molar-refractivity contribution in [1.82, 2.24) is 9.97 Å². The van der Waals surface area contributed by atoms with Crippen LogP contribution in [-0.2, 0) is 0 Å². The van der Waals surface area contributed by atoms with E-state index in [1.807, 2.05) is 6.07 Å². The molecule has 6 heteroatoms. The van der Waals surface area contributed by atoms with Gasteiger partial charge >= 0.3 is 0 Å². The van der Waals surface area contributed by atoms with Gasteiger partial charge in [-0.1, -0.05) is 0 Å². The standard InChI is InChI=1S/C12H12N4O2/c1-17-9-4-3-7(5-10(9)18-2)12-15-8(6-13)11(14)16-12/h3-5H,14H2,1-2H3,(H,15,16). The quantitative estimate of drug-likeness (QED) is 0.853. The number of nitrogens with two attached hydrogens (primary N) is 1. The number of imidazole rings is 1. The Morgan fingerprint density at radius 3 is 2.56 bits per heavy atom. The van der Waals surface area contributed by atoms with Crippen LogP contribution in [-0.4, -0.2) is 24.2 Å². The van der Waals surface area contributed by atoms with Gasteiger partial charge in [0.1, 0.15) is 11.9 Å². The van der Waals surface area contributed by atoms with Gasteiger partial charge in [-0.2, -0.15) is 5.26 Å². The van der Waals surface area contributed by atoms with Gasteiger partial charge in [0.25, 0.3) is 0 Å². The fourth-order valence-electron chi connectivity index (χ4n) is 1.59. The van der Waals surface area contributed by atoms with Crippen molar-refractivity contribution in [2.45, 2.75) is 0 Å². The number of anilines is 1. The van der Waals surface area contributed by atoms with Gasteiger partial charge in [0.2, 0.25) is 0 Å². The minimum absolute atomic E-state index is 0.183. The smallest absolute Gasteiger partial charge is 0.161 e. The van der Waals surface area contributed by atoms with Gasteiger partial charge in [0.15, 0.2) is 23.0 Å². The molecule has 0 spiro atoms. The highest BCUT2D eigenvalue weighted by Gasteiger charge is 2.11. The minimum atomic E-state index is 0.183. The monoisotopic (exact) mass is 244 g/mol. The molecule has 0 amide bonds. The van der Waals surface area contributed by atoms with Gasteiger partial charge in [-0.05, 0) is 18.2 Å². The summed E-state index contributed by atoms with van der Waals surface area (Å²) in [6.45, 7) is 0. The molecule has 0 aliphatic rings. The predicted octanol–water partition coefficient (Wildman–Crippen LogP) is 1.55. The van der Waals surface area contributed by atoms with E-state index in [0.717, 1.165) is 5.56 Å². The molecule has 0 bridgehead atoms. The molecule has 6 nitrogen and oxygen atoms in total. The molecular formula is C12H12N4O2. The van der Waals surface area contributed by atoms with E-state index in [0.29, 0.717) is 17.3 Å². The molecule has 3 N–H and O–H groups in total. The maximum atomic E-state index is 8.82. The van der Waals surface area contributed by atoms with E-state index in [2.05, 4.69) is 9.97 Å². The van der Waals surface area contributed by atoms with Crippen LogP contribution in [0.15, 0.2) is 18.2 Å². The Hall–Kier alpha value is -2.68. The Balaban J connectivity index is 2.48. The van der Waals surface area contributed by atoms with Gasteiger partial charge in [0, 0.05) is 5.56 Å². The summed E-state index contributed by atoms with van der Waals surface area (Å²) in [5.41, 5.74) is 6.61. The highest BCUT2D eigenvalue weighted by molar-refractivity contribution is 5.64. The minimum Gasteiger partial charge on any atom is -0.493 e. The van der Waals surface area contributed by atoms with E-state index in [9.17, 15) is 0 Å². The molecule has 0 aliphatic heterocycles. The zero-order valence-electron chi connectivity index (χ0n) is 10.0. The number of aromatic amines is 1. The molecule has 0 aliphatic carbocycles. The zero-order chi connectivity index (χ0) is 13.1. The third-order valence-corrected chi connectivity index (χ3v) is 2.50. The molecule has 1 aromatic heterocycles. The number of hydrogen-bond donors (Lipinski definition) is 2. The van der Waals surface area contributed by atoms with Crippen molar-refractivity contribution in [3.8, 4) is 29.0 Å². The first-order chi connectivity index (χ1) is 8.69. The molecule has 1 aromatic carbocycles. The molecule has 0 radical (unpaired) electrons. The largest absolute Gasteiger partial charge is 0.493 e. The van der Waals surface area contributed by atoms with Crippen LogP contribution in [0.1, 0.15) is 5.69 Å². The summed E-state index contributed by atoms with van der Waals surface area (Å²) < 4.78 is 10.3. The number of nitrogens with one attached hydrogen (secondary N) is 1. The Morgan fingerprint density at radius 1 is 1.28 bits per heavy atom. The molecule has 0 saturated heterocycles. The maximum absolute atomic E-state index is 8.82. The van der Waals surface area contributed by atoms with Crippen molar-refractivity contribution in [2.75, 3.05) is 20.0 Å². The maximum Gasteiger partial charge on any atom is 0.161 e. The number of nitriles is 1. The van der Waals surface area contributed by atoms with E-state index in [1.54, 1.807) is 32.4 Å². The lowest BCUT2D eigenvalue weighted by molar-refractivity contribution is 0.355. The van der Waals surface area contributed by atoms with E-state index in [1.165, 1.54) is 0 Å².